The zero-order valence-corrected chi connectivity index (χ0v) is 15.6. The van der Waals surface area contributed by atoms with Crippen LogP contribution in [-0.4, -0.2) is 31.4 Å². The molecule has 132 valence electrons. The van der Waals surface area contributed by atoms with E-state index < -0.39 is 0 Å². The summed E-state index contributed by atoms with van der Waals surface area (Å²) in [6, 6.07) is 11.7. The van der Waals surface area contributed by atoms with Gasteiger partial charge in [0.25, 0.3) is 0 Å². The maximum Gasteiger partial charge on any atom is 0.0529 e. The molecule has 25 heavy (non-hydrogen) atoms. The predicted octanol–water partition coefficient (Wildman–Crippen LogP) is 4.25. The summed E-state index contributed by atoms with van der Waals surface area (Å²) in [6.45, 7) is 3.49. The number of aryl methyl sites for hydroxylation is 1. The van der Waals surface area contributed by atoms with Crippen LogP contribution in [0.3, 0.4) is 0 Å². The monoisotopic (exact) mass is 353 g/mol. The number of hydrogen-bond acceptors (Lipinski definition) is 4. The summed E-state index contributed by atoms with van der Waals surface area (Å²) >= 11 is 1.66. The van der Waals surface area contributed by atoms with Crippen molar-refractivity contribution in [2.45, 2.75) is 44.6 Å². The minimum atomic E-state index is 0.688. The summed E-state index contributed by atoms with van der Waals surface area (Å²) in [7, 11) is 0. The molecule has 0 radical (unpaired) electrons. The third-order valence-electron chi connectivity index (χ3n) is 5.50. The molecule has 0 spiro atoms. The van der Waals surface area contributed by atoms with Crippen LogP contribution in [0.4, 0.5) is 5.69 Å². The van der Waals surface area contributed by atoms with Crippen molar-refractivity contribution in [3.8, 4) is 0 Å². The second kappa shape index (κ2) is 7.71. The van der Waals surface area contributed by atoms with E-state index in [0.29, 0.717) is 6.04 Å². The molecule has 0 unspecified atom stereocenters. The van der Waals surface area contributed by atoms with Crippen LogP contribution in [0.15, 0.2) is 35.7 Å². The molecule has 1 fully saturated rings. The van der Waals surface area contributed by atoms with Crippen LogP contribution in [0.1, 0.15) is 41.7 Å². The number of benzene rings is 1. The van der Waals surface area contributed by atoms with Crippen LogP contribution in [0, 0.1) is 5.41 Å². The van der Waals surface area contributed by atoms with Gasteiger partial charge < -0.3 is 15.6 Å². The van der Waals surface area contributed by atoms with Gasteiger partial charge in [0.2, 0.25) is 0 Å². The molecule has 0 saturated carbocycles. The Labute approximate surface area is 154 Å². The zero-order valence-electron chi connectivity index (χ0n) is 14.8. The fourth-order valence-corrected chi connectivity index (χ4v) is 4.86. The van der Waals surface area contributed by atoms with Gasteiger partial charge in [-0.25, -0.2) is 0 Å². The summed E-state index contributed by atoms with van der Waals surface area (Å²) < 4.78 is 0. The molecule has 1 aromatic carbocycles. The molecule has 0 amide bonds. The van der Waals surface area contributed by atoms with E-state index in [1.807, 2.05) is 6.07 Å². The zero-order chi connectivity index (χ0) is 17.1. The standard InChI is InChI=1S/C21H27N3S/c22-19(21-5-3-13-25-21)15-16-6-7-20-17(14-16)4-1-2-12-24(20)18-8-10-23-11-9-18/h3,5-7,13-14,18,22-23H,1-2,4,8-12,15H2. The predicted molar refractivity (Wildman–Crippen MR) is 107 cm³/mol. The SMILES string of the molecule is N=C(Cc1ccc2c(c1)CCCCN2C1CCNCC1)c1cccs1. The van der Waals surface area contributed by atoms with Gasteiger partial charge in [-0.15, -0.1) is 11.3 Å². The molecule has 0 bridgehead atoms. The van der Waals surface area contributed by atoms with Crippen molar-refractivity contribution in [3.63, 3.8) is 0 Å². The molecule has 0 aliphatic carbocycles. The number of nitrogens with one attached hydrogen (secondary N) is 2. The van der Waals surface area contributed by atoms with Gasteiger partial charge in [0.1, 0.15) is 0 Å². The minimum absolute atomic E-state index is 0.688. The number of anilines is 1. The van der Waals surface area contributed by atoms with Crippen molar-refractivity contribution in [2.24, 2.45) is 0 Å². The highest BCUT2D eigenvalue weighted by atomic mass is 32.1. The first-order valence-electron chi connectivity index (χ1n) is 9.52. The first-order valence-corrected chi connectivity index (χ1v) is 10.4. The maximum absolute atomic E-state index is 8.36. The third kappa shape index (κ3) is 3.80. The highest BCUT2D eigenvalue weighted by Gasteiger charge is 2.24. The number of hydrogen-bond donors (Lipinski definition) is 2. The van der Waals surface area contributed by atoms with Crippen molar-refractivity contribution >= 4 is 22.7 Å². The normalized spacial score (nSPS) is 18.6. The Morgan fingerprint density at radius 2 is 2.08 bits per heavy atom. The van der Waals surface area contributed by atoms with E-state index >= 15 is 0 Å². The first-order chi connectivity index (χ1) is 12.3. The molecule has 2 aliphatic heterocycles. The van der Waals surface area contributed by atoms with E-state index in [9.17, 15) is 0 Å². The number of rotatable bonds is 4. The Hall–Kier alpha value is -1.65. The van der Waals surface area contributed by atoms with E-state index in [1.54, 1.807) is 11.3 Å². The fraction of sp³-hybridized carbons (Fsp3) is 0.476. The van der Waals surface area contributed by atoms with E-state index in [4.69, 9.17) is 5.41 Å². The average molecular weight is 354 g/mol. The lowest BCUT2D eigenvalue weighted by Gasteiger charge is -2.36. The van der Waals surface area contributed by atoms with Gasteiger partial charge in [-0.3, -0.25) is 0 Å². The first kappa shape index (κ1) is 16.8. The van der Waals surface area contributed by atoms with Crippen LogP contribution in [0.2, 0.25) is 0 Å². The second-order valence-corrected chi connectivity index (χ2v) is 8.18. The summed E-state index contributed by atoms with van der Waals surface area (Å²) in [4.78, 5) is 3.77. The lowest BCUT2D eigenvalue weighted by atomic mass is 9.98. The Morgan fingerprint density at radius 3 is 2.88 bits per heavy atom. The Kier molecular flexibility index (Phi) is 5.18. The van der Waals surface area contributed by atoms with E-state index in [2.05, 4.69) is 39.9 Å². The maximum atomic E-state index is 8.36. The van der Waals surface area contributed by atoms with Crippen LogP contribution in [0.5, 0.6) is 0 Å². The smallest absolute Gasteiger partial charge is 0.0529 e. The van der Waals surface area contributed by atoms with E-state index in [0.717, 1.165) is 30.1 Å². The van der Waals surface area contributed by atoms with Crippen LogP contribution in [0.25, 0.3) is 0 Å². The number of thiophene rings is 1. The Morgan fingerprint density at radius 1 is 1.20 bits per heavy atom. The van der Waals surface area contributed by atoms with Crippen molar-refractivity contribution in [1.82, 2.24) is 5.32 Å². The highest BCUT2D eigenvalue weighted by Crippen LogP contribution is 2.31. The summed E-state index contributed by atoms with van der Waals surface area (Å²) in [5, 5.41) is 13.9. The molecule has 2 aromatic rings. The van der Waals surface area contributed by atoms with Gasteiger partial charge in [0.15, 0.2) is 0 Å². The molecule has 1 saturated heterocycles. The molecule has 3 heterocycles. The molecular weight excluding hydrogens is 326 g/mol. The quantitative estimate of drug-likeness (QED) is 0.807. The molecule has 0 atom stereocenters. The Balaban J connectivity index is 1.55. The van der Waals surface area contributed by atoms with Gasteiger partial charge in [0, 0.05) is 29.6 Å². The van der Waals surface area contributed by atoms with Gasteiger partial charge >= 0.3 is 0 Å². The average Bonchev–Trinajstić information content (AvgIpc) is 3.10. The molecular formula is C21H27N3S. The summed E-state index contributed by atoms with van der Waals surface area (Å²) in [5.74, 6) is 0. The Bertz CT molecular complexity index is 717. The fourth-order valence-electron chi connectivity index (χ4n) is 4.19. The molecule has 1 aromatic heterocycles. The van der Waals surface area contributed by atoms with Crippen LogP contribution >= 0.6 is 11.3 Å². The molecule has 4 rings (SSSR count). The summed E-state index contributed by atoms with van der Waals surface area (Å²) in [6.07, 6.45) is 6.99. The lowest BCUT2D eigenvalue weighted by molar-refractivity contribution is 0.428. The largest absolute Gasteiger partial charge is 0.368 e. The third-order valence-corrected chi connectivity index (χ3v) is 6.43. The van der Waals surface area contributed by atoms with Crippen LogP contribution in [-0.2, 0) is 12.8 Å². The van der Waals surface area contributed by atoms with E-state index in [1.165, 1.54) is 55.5 Å². The number of nitrogens with zero attached hydrogens (tertiary/aromatic N) is 1. The van der Waals surface area contributed by atoms with Crippen LogP contribution < -0.4 is 10.2 Å². The molecule has 4 heteroatoms. The molecule has 2 N–H and O–H groups in total. The lowest BCUT2D eigenvalue weighted by Crippen LogP contribution is -2.43. The topological polar surface area (TPSA) is 39.1 Å². The number of fused-ring (bicyclic) bond motifs is 1. The van der Waals surface area contributed by atoms with Gasteiger partial charge in [-0.2, -0.15) is 0 Å². The van der Waals surface area contributed by atoms with Crippen molar-refractivity contribution in [1.29, 1.82) is 5.41 Å². The van der Waals surface area contributed by atoms with Crippen molar-refractivity contribution in [2.75, 3.05) is 24.5 Å². The van der Waals surface area contributed by atoms with Crippen molar-refractivity contribution < 1.29 is 0 Å². The second-order valence-electron chi connectivity index (χ2n) is 7.23. The van der Waals surface area contributed by atoms with Crippen molar-refractivity contribution in [3.05, 3.63) is 51.7 Å². The van der Waals surface area contributed by atoms with Gasteiger partial charge in [-0.1, -0.05) is 18.2 Å². The number of piperidine rings is 1. The minimum Gasteiger partial charge on any atom is -0.368 e. The molecule has 3 nitrogen and oxygen atoms in total. The van der Waals surface area contributed by atoms with Gasteiger partial charge in [-0.05, 0) is 73.8 Å². The highest BCUT2D eigenvalue weighted by molar-refractivity contribution is 7.12. The molecule has 2 aliphatic rings. The van der Waals surface area contributed by atoms with Gasteiger partial charge in [0.05, 0.1) is 5.71 Å². The summed E-state index contributed by atoms with van der Waals surface area (Å²) in [5.41, 5.74) is 4.96. The van der Waals surface area contributed by atoms with E-state index in [-0.39, 0.29) is 0 Å².